The van der Waals surface area contributed by atoms with E-state index in [1.165, 1.54) is 0 Å². The summed E-state index contributed by atoms with van der Waals surface area (Å²) in [6.07, 6.45) is 3.56. The fourth-order valence-corrected chi connectivity index (χ4v) is 0.982. The highest BCUT2D eigenvalue weighted by molar-refractivity contribution is 5.90. The predicted molar refractivity (Wildman–Crippen MR) is 37.9 cm³/mol. The van der Waals surface area contributed by atoms with E-state index in [9.17, 15) is 0 Å². The molecule has 3 N–H and O–H groups in total. The maximum absolute atomic E-state index is 4.11. The Labute approximate surface area is 59.4 Å². The molecule has 4 heteroatoms. The average molecular weight is 136 g/mol. The number of rotatable bonds is 0. The molecular formula is C6H8N4. The lowest BCUT2D eigenvalue weighted by molar-refractivity contribution is 0.590. The second-order valence-electron chi connectivity index (χ2n) is 2.18. The Bertz CT molecular complexity index is 184. The smallest absolute Gasteiger partial charge is 0.172 e. The number of aliphatic imine (C=N–C) groups is 1. The zero-order valence-electron chi connectivity index (χ0n) is 5.39. The van der Waals surface area contributed by atoms with Crippen LogP contribution in [0.4, 0.5) is 0 Å². The van der Waals surface area contributed by atoms with Crippen molar-refractivity contribution in [1.82, 2.24) is 16.0 Å². The van der Waals surface area contributed by atoms with Gasteiger partial charge in [0.05, 0.1) is 6.04 Å². The molecule has 0 aromatic carbocycles. The van der Waals surface area contributed by atoms with Crippen LogP contribution in [0.1, 0.15) is 0 Å². The Morgan fingerprint density at radius 2 is 2.70 bits per heavy atom. The monoisotopic (exact) mass is 136 g/mol. The lowest BCUT2D eigenvalue weighted by Crippen LogP contribution is -2.54. The summed E-state index contributed by atoms with van der Waals surface area (Å²) in [7, 11) is 0. The molecule has 2 heterocycles. The molecule has 4 nitrogen and oxygen atoms in total. The van der Waals surface area contributed by atoms with Crippen LogP contribution in [-0.4, -0.2) is 18.4 Å². The van der Waals surface area contributed by atoms with Gasteiger partial charge in [0.15, 0.2) is 6.67 Å². The van der Waals surface area contributed by atoms with Gasteiger partial charge in [-0.25, -0.2) is 4.99 Å². The van der Waals surface area contributed by atoms with Crippen LogP contribution < -0.4 is 16.0 Å². The zero-order chi connectivity index (χ0) is 6.81. The van der Waals surface area contributed by atoms with Crippen molar-refractivity contribution in [2.24, 2.45) is 4.99 Å². The minimum Gasteiger partial charge on any atom is -0.379 e. The van der Waals surface area contributed by atoms with E-state index in [0.717, 1.165) is 12.4 Å². The highest BCUT2D eigenvalue weighted by Crippen LogP contribution is 1.97. The Balaban J connectivity index is 2.14. The van der Waals surface area contributed by atoms with E-state index in [-0.39, 0.29) is 6.04 Å². The van der Waals surface area contributed by atoms with Gasteiger partial charge < -0.3 is 10.6 Å². The summed E-state index contributed by atoms with van der Waals surface area (Å²) in [4.78, 5) is 4.11. The fourth-order valence-electron chi connectivity index (χ4n) is 0.982. The third-order valence-electron chi connectivity index (χ3n) is 1.50. The predicted octanol–water partition coefficient (Wildman–Crippen LogP) is -0.983. The van der Waals surface area contributed by atoms with Crippen molar-refractivity contribution in [1.29, 1.82) is 0 Å². The minimum absolute atomic E-state index is 0.284. The maximum Gasteiger partial charge on any atom is 0.172 e. The van der Waals surface area contributed by atoms with Crippen molar-refractivity contribution >= 4 is 5.84 Å². The van der Waals surface area contributed by atoms with Gasteiger partial charge in [0, 0.05) is 18.9 Å². The van der Waals surface area contributed by atoms with E-state index in [1.807, 2.05) is 6.20 Å². The van der Waals surface area contributed by atoms with Gasteiger partial charge in [0.25, 0.3) is 0 Å². The molecule has 2 aliphatic rings. The third kappa shape index (κ3) is 0.863. The van der Waals surface area contributed by atoms with E-state index in [2.05, 4.69) is 27.6 Å². The molecule has 2 radical (unpaired) electrons. The van der Waals surface area contributed by atoms with Crippen LogP contribution in [0.15, 0.2) is 17.4 Å². The van der Waals surface area contributed by atoms with Gasteiger partial charge in [-0.1, -0.05) is 0 Å². The molecule has 52 valence electrons. The average Bonchev–Trinajstić information content (AvgIpc) is 2.05. The topological polar surface area (TPSA) is 48.5 Å². The highest BCUT2D eigenvalue weighted by atomic mass is 15.2. The quantitative estimate of drug-likeness (QED) is 0.401. The molecule has 2 rings (SSSR count). The third-order valence-corrected chi connectivity index (χ3v) is 1.50. The SMILES string of the molecule is [C]1NCC2NC=CN=C2N1. The van der Waals surface area contributed by atoms with Crippen LogP contribution in [0.2, 0.25) is 0 Å². The Morgan fingerprint density at radius 3 is 3.60 bits per heavy atom. The van der Waals surface area contributed by atoms with E-state index >= 15 is 0 Å². The zero-order valence-corrected chi connectivity index (χ0v) is 5.39. The highest BCUT2D eigenvalue weighted by Gasteiger charge is 2.19. The second-order valence-corrected chi connectivity index (χ2v) is 2.18. The van der Waals surface area contributed by atoms with Gasteiger partial charge in [-0.15, -0.1) is 0 Å². The van der Waals surface area contributed by atoms with Crippen LogP contribution in [-0.2, 0) is 0 Å². The number of hydrogen-bond donors (Lipinski definition) is 3. The van der Waals surface area contributed by atoms with Crippen LogP contribution in [0.5, 0.6) is 0 Å². The normalized spacial score (nSPS) is 29.6. The molecule has 0 amide bonds. The van der Waals surface area contributed by atoms with E-state index in [0.29, 0.717) is 0 Å². The van der Waals surface area contributed by atoms with Crippen molar-refractivity contribution in [2.45, 2.75) is 6.04 Å². The lowest BCUT2D eigenvalue weighted by atomic mass is 10.2. The summed E-state index contributed by atoms with van der Waals surface area (Å²) in [6, 6.07) is 0.284. The molecule has 1 saturated heterocycles. The lowest BCUT2D eigenvalue weighted by Gasteiger charge is -2.26. The summed E-state index contributed by atoms with van der Waals surface area (Å²) < 4.78 is 0. The molecule has 2 aliphatic heterocycles. The van der Waals surface area contributed by atoms with Crippen LogP contribution in [0, 0.1) is 6.67 Å². The fraction of sp³-hybridized carbons (Fsp3) is 0.333. The molecule has 1 atom stereocenters. The number of fused-ring (bicyclic) bond motifs is 1. The summed E-state index contributed by atoms with van der Waals surface area (Å²) >= 11 is 0. The first kappa shape index (κ1) is 5.73. The van der Waals surface area contributed by atoms with Crippen LogP contribution >= 0.6 is 0 Å². The first-order valence-corrected chi connectivity index (χ1v) is 3.19. The summed E-state index contributed by atoms with van der Waals surface area (Å²) in [5, 5.41) is 8.99. The molecule has 1 unspecified atom stereocenters. The number of amidine groups is 1. The Hall–Kier alpha value is -1.03. The van der Waals surface area contributed by atoms with E-state index in [4.69, 9.17) is 0 Å². The standard InChI is InChI=1S/C6H8N4/c1-2-9-6-5(8-1)3-7-4-10-6/h1-2,5,7-8H,3H2,(H,9,10). The first-order chi connectivity index (χ1) is 4.97. The summed E-state index contributed by atoms with van der Waals surface area (Å²) in [5.41, 5.74) is 0. The van der Waals surface area contributed by atoms with Gasteiger partial charge in [-0.3, -0.25) is 5.32 Å². The molecule has 0 aromatic heterocycles. The number of hydrogen-bond acceptors (Lipinski definition) is 4. The maximum atomic E-state index is 4.11. The van der Waals surface area contributed by atoms with Crippen molar-refractivity contribution in [2.75, 3.05) is 6.54 Å². The molecule has 0 spiro atoms. The van der Waals surface area contributed by atoms with E-state index in [1.54, 1.807) is 6.20 Å². The van der Waals surface area contributed by atoms with Crippen molar-refractivity contribution < 1.29 is 0 Å². The van der Waals surface area contributed by atoms with Gasteiger partial charge in [-0.2, -0.15) is 0 Å². The van der Waals surface area contributed by atoms with E-state index < -0.39 is 0 Å². The van der Waals surface area contributed by atoms with Gasteiger partial charge in [-0.05, 0) is 0 Å². The molecular weight excluding hydrogens is 128 g/mol. The molecule has 0 aliphatic carbocycles. The van der Waals surface area contributed by atoms with Crippen molar-refractivity contribution in [3.63, 3.8) is 0 Å². The molecule has 0 bridgehead atoms. The Morgan fingerprint density at radius 1 is 1.70 bits per heavy atom. The second kappa shape index (κ2) is 2.30. The van der Waals surface area contributed by atoms with Gasteiger partial charge >= 0.3 is 0 Å². The minimum atomic E-state index is 0.284. The van der Waals surface area contributed by atoms with Crippen molar-refractivity contribution in [3.05, 3.63) is 19.1 Å². The van der Waals surface area contributed by atoms with Crippen molar-refractivity contribution in [3.8, 4) is 0 Å². The van der Waals surface area contributed by atoms with Gasteiger partial charge in [0.2, 0.25) is 0 Å². The van der Waals surface area contributed by atoms with Crippen LogP contribution in [0.25, 0.3) is 0 Å². The number of nitrogens with zero attached hydrogens (tertiary/aromatic N) is 1. The summed E-state index contributed by atoms with van der Waals surface area (Å²) in [5.74, 6) is 0.932. The van der Waals surface area contributed by atoms with Crippen LogP contribution in [0.3, 0.4) is 0 Å². The first-order valence-electron chi connectivity index (χ1n) is 3.19. The Kier molecular flexibility index (Phi) is 1.32. The molecule has 10 heavy (non-hydrogen) atoms. The largest absolute Gasteiger partial charge is 0.379 e. The molecule has 0 aromatic rings. The molecule has 1 fully saturated rings. The summed E-state index contributed by atoms with van der Waals surface area (Å²) in [6.45, 7) is 3.62. The van der Waals surface area contributed by atoms with Gasteiger partial charge in [0.1, 0.15) is 5.84 Å². The number of nitrogens with one attached hydrogen (secondary N) is 3. The molecule has 0 saturated carbocycles.